The molecule has 0 saturated heterocycles. The molecule has 2 rings (SSSR count). The largest absolute Gasteiger partial charge is 0.457 e. The fourth-order valence-electron chi connectivity index (χ4n) is 1.96. The van der Waals surface area contributed by atoms with Crippen molar-refractivity contribution in [1.29, 1.82) is 0 Å². The molecule has 0 bridgehead atoms. The van der Waals surface area contributed by atoms with Gasteiger partial charge in [0.15, 0.2) is 0 Å². The monoisotopic (exact) mass is 314 g/mol. The van der Waals surface area contributed by atoms with Gasteiger partial charge in [0, 0.05) is 24.2 Å². The van der Waals surface area contributed by atoms with Gasteiger partial charge >= 0.3 is 0 Å². The Morgan fingerprint density at radius 2 is 1.61 bits per heavy atom. The summed E-state index contributed by atoms with van der Waals surface area (Å²) in [5.41, 5.74) is 0.715. The molecular formula is C17H18N2O4. The van der Waals surface area contributed by atoms with Crippen LogP contribution in [0.25, 0.3) is 0 Å². The molecule has 0 aliphatic heterocycles. The molecule has 0 aromatic heterocycles. The number of amides is 1. The smallest absolute Gasteiger partial charge is 0.269 e. The van der Waals surface area contributed by atoms with Crippen molar-refractivity contribution in [3.8, 4) is 11.5 Å². The number of nitrogens with one attached hydrogen (secondary N) is 1. The molecule has 0 aliphatic carbocycles. The number of nitro benzene ring substituents is 1. The Labute approximate surface area is 134 Å². The van der Waals surface area contributed by atoms with Crippen molar-refractivity contribution in [2.45, 2.75) is 20.3 Å². The van der Waals surface area contributed by atoms with Gasteiger partial charge in [0.25, 0.3) is 5.69 Å². The van der Waals surface area contributed by atoms with Gasteiger partial charge in [-0.05, 0) is 42.3 Å². The lowest BCUT2D eigenvalue weighted by molar-refractivity contribution is -0.384. The predicted molar refractivity (Wildman–Crippen MR) is 87.7 cm³/mol. The number of non-ortho nitro benzene ring substituents is 1. The fraction of sp³-hybridized carbons (Fsp3) is 0.235. The average molecular weight is 314 g/mol. The number of nitro groups is 1. The molecule has 120 valence electrons. The Balaban J connectivity index is 1.97. The van der Waals surface area contributed by atoms with E-state index in [0.29, 0.717) is 29.5 Å². The molecule has 23 heavy (non-hydrogen) atoms. The van der Waals surface area contributed by atoms with E-state index in [9.17, 15) is 14.9 Å². The van der Waals surface area contributed by atoms with Crippen LogP contribution in [-0.2, 0) is 4.79 Å². The third kappa shape index (κ3) is 5.10. The molecule has 0 heterocycles. The zero-order valence-corrected chi connectivity index (χ0v) is 13.0. The molecule has 1 N–H and O–H groups in total. The highest BCUT2D eigenvalue weighted by Crippen LogP contribution is 2.25. The van der Waals surface area contributed by atoms with E-state index in [0.717, 1.165) is 0 Å². The van der Waals surface area contributed by atoms with E-state index in [4.69, 9.17) is 4.74 Å². The lowest BCUT2D eigenvalue weighted by Gasteiger charge is -2.09. The first-order valence-electron chi connectivity index (χ1n) is 7.26. The maximum Gasteiger partial charge on any atom is 0.269 e. The molecule has 0 unspecified atom stereocenters. The Hall–Kier alpha value is -2.89. The van der Waals surface area contributed by atoms with Gasteiger partial charge in [-0.15, -0.1) is 0 Å². The number of anilines is 1. The van der Waals surface area contributed by atoms with Crippen LogP contribution in [0.4, 0.5) is 11.4 Å². The third-order valence-electron chi connectivity index (χ3n) is 3.01. The summed E-state index contributed by atoms with van der Waals surface area (Å²) in [6.45, 7) is 3.97. The van der Waals surface area contributed by atoms with Gasteiger partial charge in [-0.3, -0.25) is 14.9 Å². The van der Waals surface area contributed by atoms with Crippen LogP contribution in [0.3, 0.4) is 0 Å². The van der Waals surface area contributed by atoms with Crippen molar-refractivity contribution in [2.24, 2.45) is 5.92 Å². The van der Waals surface area contributed by atoms with Crippen LogP contribution in [0.2, 0.25) is 0 Å². The van der Waals surface area contributed by atoms with Gasteiger partial charge in [0.1, 0.15) is 11.5 Å². The van der Waals surface area contributed by atoms with Gasteiger partial charge < -0.3 is 10.1 Å². The van der Waals surface area contributed by atoms with Crippen LogP contribution < -0.4 is 10.1 Å². The summed E-state index contributed by atoms with van der Waals surface area (Å²) in [5.74, 6) is 1.37. The highest BCUT2D eigenvalue weighted by molar-refractivity contribution is 5.90. The van der Waals surface area contributed by atoms with E-state index >= 15 is 0 Å². The molecule has 0 saturated carbocycles. The summed E-state index contributed by atoms with van der Waals surface area (Å²) in [5, 5.41) is 13.4. The molecule has 1 amide bonds. The number of benzene rings is 2. The zero-order chi connectivity index (χ0) is 16.8. The molecule has 0 radical (unpaired) electrons. The first-order valence-corrected chi connectivity index (χ1v) is 7.26. The number of hydrogen-bond acceptors (Lipinski definition) is 4. The van der Waals surface area contributed by atoms with Crippen LogP contribution in [-0.4, -0.2) is 10.8 Å². The minimum Gasteiger partial charge on any atom is -0.457 e. The number of nitrogens with zero attached hydrogens (tertiary/aromatic N) is 1. The molecule has 6 nitrogen and oxygen atoms in total. The van der Waals surface area contributed by atoms with Crippen LogP contribution in [0.5, 0.6) is 11.5 Å². The normalized spacial score (nSPS) is 10.4. The third-order valence-corrected chi connectivity index (χ3v) is 3.01. The first kappa shape index (κ1) is 16.5. The number of carbonyl (C=O) groups excluding carboxylic acids is 1. The summed E-state index contributed by atoms with van der Waals surface area (Å²) in [7, 11) is 0. The lowest BCUT2D eigenvalue weighted by atomic mass is 10.1. The second kappa shape index (κ2) is 7.40. The second-order valence-corrected chi connectivity index (χ2v) is 5.52. The van der Waals surface area contributed by atoms with Crippen LogP contribution >= 0.6 is 0 Å². The zero-order valence-electron chi connectivity index (χ0n) is 13.0. The highest BCUT2D eigenvalue weighted by Gasteiger charge is 2.07. The van der Waals surface area contributed by atoms with Gasteiger partial charge in [-0.2, -0.15) is 0 Å². The molecular weight excluding hydrogens is 296 g/mol. The number of ether oxygens (including phenoxy) is 1. The minimum atomic E-state index is -0.460. The van der Waals surface area contributed by atoms with E-state index in [1.807, 2.05) is 13.8 Å². The van der Waals surface area contributed by atoms with Gasteiger partial charge in [0.05, 0.1) is 4.92 Å². The average Bonchev–Trinajstić information content (AvgIpc) is 2.49. The number of rotatable bonds is 6. The molecule has 2 aromatic rings. The molecule has 0 spiro atoms. The maximum absolute atomic E-state index is 11.7. The standard InChI is InChI=1S/C17H18N2O4/c1-12(2)11-17(20)18-13-3-7-15(8-4-13)23-16-9-5-14(6-10-16)19(21)22/h3-10,12H,11H2,1-2H3,(H,18,20). The van der Waals surface area contributed by atoms with Crippen molar-refractivity contribution in [2.75, 3.05) is 5.32 Å². The Bertz CT molecular complexity index is 679. The summed E-state index contributed by atoms with van der Waals surface area (Å²) in [4.78, 5) is 21.8. The van der Waals surface area contributed by atoms with Crippen LogP contribution in [0.1, 0.15) is 20.3 Å². The first-order chi connectivity index (χ1) is 10.9. The van der Waals surface area contributed by atoms with Crippen molar-refractivity contribution in [3.63, 3.8) is 0 Å². The van der Waals surface area contributed by atoms with E-state index in [-0.39, 0.29) is 11.6 Å². The van der Waals surface area contributed by atoms with Crippen molar-refractivity contribution in [1.82, 2.24) is 0 Å². The molecule has 0 atom stereocenters. The molecule has 0 aliphatic rings. The van der Waals surface area contributed by atoms with E-state index in [1.54, 1.807) is 24.3 Å². The topological polar surface area (TPSA) is 81.5 Å². The van der Waals surface area contributed by atoms with E-state index < -0.39 is 4.92 Å². The summed E-state index contributed by atoms with van der Waals surface area (Å²) in [6.07, 6.45) is 0.473. The predicted octanol–water partition coefficient (Wildman–Crippen LogP) is 4.37. The van der Waals surface area contributed by atoms with Crippen molar-refractivity contribution < 1.29 is 14.5 Å². The van der Waals surface area contributed by atoms with Crippen molar-refractivity contribution >= 4 is 17.3 Å². The lowest BCUT2D eigenvalue weighted by Crippen LogP contribution is -2.13. The van der Waals surface area contributed by atoms with E-state index in [1.165, 1.54) is 24.3 Å². The molecule has 0 fully saturated rings. The quantitative estimate of drug-likeness (QED) is 0.634. The van der Waals surface area contributed by atoms with Gasteiger partial charge in [-0.1, -0.05) is 13.8 Å². The molecule has 6 heteroatoms. The number of carbonyl (C=O) groups is 1. The summed E-state index contributed by atoms with van der Waals surface area (Å²) >= 11 is 0. The van der Waals surface area contributed by atoms with Crippen LogP contribution in [0, 0.1) is 16.0 Å². The Morgan fingerprint density at radius 3 is 2.09 bits per heavy atom. The molecule has 2 aromatic carbocycles. The maximum atomic E-state index is 11.7. The highest BCUT2D eigenvalue weighted by atomic mass is 16.6. The van der Waals surface area contributed by atoms with E-state index in [2.05, 4.69) is 5.32 Å². The summed E-state index contributed by atoms with van der Waals surface area (Å²) in [6, 6.07) is 12.8. The van der Waals surface area contributed by atoms with Gasteiger partial charge in [-0.25, -0.2) is 0 Å². The van der Waals surface area contributed by atoms with Gasteiger partial charge in [0.2, 0.25) is 5.91 Å². The Kier molecular flexibility index (Phi) is 5.30. The fourth-order valence-corrected chi connectivity index (χ4v) is 1.96. The Morgan fingerprint density at radius 1 is 1.09 bits per heavy atom. The second-order valence-electron chi connectivity index (χ2n) is 5.52. The number of hydrogen-bond donors (Lipinski definition) is 1. The summed E-state index contributed by atoms with van der Waals surface area (Å²) < 4.78 is 5.60. The SMILES string of the molecule is CC(C)CC(=O)Nc1ccc(Oc2ccc([N+](=O)[O-])cc2)cc1. The minimum absolute atomic E-state index is 0.0144. The van der Waals surface area contributed by atoms with Crippen LogP contribution in [0.15, 0.2) is 48.5 Å². The van der Waals surface area contributed by atoms with Crippen molar-refractivity contribution in [3.05, 3.63) is 58.6 Å².